The molecule has 0 radical (unpaired) electrons. The van der Waals surface area contributed by atoms with E-state index in [0.717, 1.165) is 0 Å². The maximum atomic E-state index is 13.4. The predicted octanol–water partition coefficient (Wildman–Crippen LogP) is 3.48. The highest BCUT2D eigenvalue weighted by molar-refractivity contribution is 6.31. The fraction of sp³-hybridized carbons (Fsp3) is 0.0667. The summed E-state index contributed by atoms with van der Waals surface area (Å²) >= 11 is 12.2. The fourth-order valence-corrected chi connectivity index (χ4v) is 2.76. The zero-order valence-corrected chi connectivity index (χ0v) is 13.6. The Labute approximate surface area is 145 Å². The van der Waals surface area contributed by atoms with Gasteiger partial charge in [-0.25, -0.2) is 19.5 Å². The van der Waals surface area contributed by atoms with Gasteiger partial charge < -0.3 is 4.57 Å². The monoisotopic (exact) mass is 362 g/mol. The standard InChI is InChI=1S/C15H9Cl2FN6/c16-11-4-5-13-21-10(14(17)24(13)22-11)8-23-7-6-19-15(23)9-2-1-3-12(18)20-9/h1-7H,8H2. The summed E-state index contributed by atoms with van der Waals surface area (Å²) in [5, 5.41) is 4.80. The summed E-state index contributed by atoms with van der Waals surface area (Å²) in [6.45, 7) is 0.341. The van der Waals surface area contributed by atoms with Crippen molar-refractivity contribution in [1.29, 1.82) is 0 Å². The van der Waals surface area contributed by atoms with Crippen LogP contribution < -0.4 is 0 Å². The van der Waals surface area contributed by atoms with E-state index >= 15 is 0 Å². The number of nitrogens with zero attached hydrogens (tertiary/aromatic N) is 6. The van der Waals surface area contributed by atoms with E-state index in [0.29, 0.717) is 39.7 Å². The highest BCUT2D eigenvalue weighted by Gasteiger charge is 2.15. The predicted molar refractivity (Wildman–Crippen MR) is 87.5 cm³/mol. The van der Waals surface area contributed by atoms with Crippen LogP contribution >= 0.6 is 23.2 Å². The van der Waals surface area contributed by atoms with E-state index in [4.69, 9.17) is 23.2 Å². The molecule has 6 nitrogen and oxygen atoms in total. The minimum absolute atomic E-state index is 0.320. The van der Waals surface area contributed by atoms with E-state index in [2.05, 4.69) is 20.1 Å². The molecule has 0 bridgehead atoms. The van der Waals surface area contributed by atoms with E-state index in [9.17, 15) is 4.39 Å². The van der Waals surface area contributed by atoms with Crippen molar-refractivity contribution in [1.82, 2.24) is 29.1 Å². The molecule has 0 aromatic carbocycles. The summed E-state index contributed by atoms with van der Waals surface area (Å²) < 4.78 is 16.6. The summed E-state index contributed by atoms with van der Waals surface area (Å²) in [4.78, 5) is 12.5. The Morgan fingerprint density at radius 2 is 1.96 bits per heavy atom. The van der Waals surface area contributed by atoms with Gasteiger partial charge in [0.1, 0.15) is 16.5 Å². The second-order valence-electron chi connectivity index (χ2n) is 5.00. The number of aromatic nitrogens is 6. The number of hydrogen-bond acceptors (Lipinski definition) is 4. The first-order valence-corrected chi connectivity index (χ1v) is 7.71. The van der Waals surface area contributed by atoms with E-state index in [1.54, 1.807) is 41.2 Å². The third kappa shape index (κ3) is 2.61. The zero-order chi connectivity index (χ0) is 16.7. The van der Waals surface area contributed by atoms with E-state index < -0.39 is 5.95 Å². The van der Waals surface area contributed by atoms with Crippen LogP contribution in [-0.4, -0.2) is 29.1 Å². The van der Waals surface area contributed by atoms with Crippen LogP contribution in [0.1, 0.15) is 5.69 Å². The van der Waals surface area contributed by atoms with Crippen molar-refractivity contribution in [2.24, 2.45) is 0 Å². The van der Waals surface area contributed by atoms with Crippen molar-refractivity contribution >= 4 is 28.8 Å². The van der Waals surface area contributed by atoms with E-state index in [-0.39, 0.29) is 0 Å². The summed E-state index contributed by atoms with van der Waals surface area (Å²) in [5.41, 5.74) is 1.62. The molecule has 0 amide bonds. The number of fused-ring (bicyclic) bond motifs is 1. The minimum atomic E-state index is -0.563. The molecule has 0 N–H and O–H groups in total. The summed E-state index contributed by atoms with van der Waals surface area (Å²) in [5.74, 6) is -0.0414. The maximum absolute atomic E-state index is 13.4. The largest absolute Gasteiger partial charge is 0.324 e. The third-order valence-corrected chi connectivity index (χ3v) is 4.02. The Bertz CT molecular complexity index is 1040. The van der Waals surface area contributed by atoms with Gasteiger partial charge in [0.25, 0.3) is 0 Å². The molecule has 120 valence electrons. The fourth-order valence-electron chi connectivity index (χ4n) is 2.39. The molecule has 0 aliphatic heterocycles. The lowest BCUT2D eigenvalue weighted by atomic mass is 10.3. The number of imidazole rings is 2. The average molecular weight is 363 g/mol. The van der Waals surface area contributed by atoms with Crippen LogP contribution in [-0.2, 0) is 6.54 Å². The van der Waals surface area contributed by atoms with Gasteiger partial charge in [-0.15, -0.1) is 0 Å². The molecular weight excluding hydrogens is 354 g/mol. The SMILES string of the molecule is Fc1cccc(-c2nccn2Cc2nc3ccc(Cl)nn3c2Cl)n1. The summed E-state index contributed by atoms with van der Waals surface area (Å²) in [6.07, 6.45) is 3.36. The number of hydrogen-bond donors (Lipinski definition) is 0. The number of halogens is 3. The van der Waals surface area contributed by atoms with Crippen molar-refractivity contribution in [2.45, 2.75) is 6.54 Å². The molecule has 4 heterocycles. The molecule has 24 heavy (non-hydrogen) atoms. The molecule has 0 aliphatic rings. The van der Waals surface area contributed by atoms with Crippen LogP contribution in [0.5, 0.6) is 0 Å². The highest BCUT2D eigenvalue weighted by Crippen LogP contribution is 2.22. The smallest absolute Gasteiger partial charge is 0.213 e. The Morgan fingerprint density at radius 3 is 2.79 bits per heavy atom. The van der Waals surface area contributed by atoms with Crippen LogP contribution in [0, 0.1) is 5.95 Å². The van der Waals surface area contributed by atoms with Crippen LogP contribution in [0.25, 0.3) is 17.2 Å². The third-order valence-electron chi connectivity index (χ3n) is 3.44. The molecule has 0 fully saturated rings. The molecule has 4 aromatic heterocycles. The van der Waals surface area contributed by atoms with Crippen molar-refractivity contribution in [3.05, 3.63) is 64.7 Å². The maximum Gasteiger partial charge on any atom is 0.213 e. The summed E-state index contributed by atoms with van der Waals surface area (Å²) in [7, 11) is 0. The van der Waals surface area contributed by atoms with Gasteiger partial charge in [0.05, 0.1) is 6.54 Å². The lowest BCUT2D eigenvalue weighted by molar-refractivity contribution is 0.584. The van der Waals surface area contributed by atoms with E-state index in [1.165, 1.54) is 10.6 Å². The lowest BCUT2D eigenvalue weighted by Crippen LogP contribution is -2.03. The molecule has 0 saturated carbocycles. The second kappa shape index (κ2) is 5.85. The van der Waals surface area contributed by atoms with Gasteiger partial charge in [0.2, 0.25) is 5.95 Å². The normalized spacial score (nSPS) is 11.3. The van der Waals surface area contributed by atoms with Crippen LogP contribution in [0.2, 0.25) is 10.3 Å². The Kier molecular flexibility index (Phi) is 3.66. The van der Waals surface area contributed by atoms with Gasteiger partial charge in [-0.2, -0.15) is 9.49 Å². The van der Waals surface area contributed by atoms with Gasteiger partial charge in [-0.1, -0.05) is 29.3 Å². The summed E-state index contributed by atoms with van der Waals surface area (Å²) in [6, 6.07) is 7.93. The number of pyridine rings is 1. The van der Waals surface area contributed by atoms with E-state index in [1.807, 2.05) is 0 Å². The average Bonchev–Trinajstić information content (AvgIpc) is 3.14. The molecular formula is C15H9Cl2FN6. The van der Waals surface area contributed by atoms with Crippen LogP contribution in [0.4, 0.5) is 4.39 Å². The molecule has 0 atom stereocenters. The van der Waals surface area contributed by atoms with Crippen molar-refractivity contribution in [3.63, 3.8) is 0 Å². The lowest BCUT2D eigenvalue weighted by Gasteiger charge is -2.06. The van der Waals surface area contributed by atoms with Gasteiger partial charge in [-0.3, -0.25) is 0 Å². The molecule has 0 spiro atoms. The molecule has 9 heteroatoms. The first kappa shape index (κ1) is 15.0. The molecule has 4 aromatic rings. The quantitative estimate of drug-likeness (QED) is 0.523. The first-order valence-electron chi connectivity index (χ1n) is 6.95. The van der Waals surface area contributed by atoms with Crippen LogP contribution in [0.3, 0.4) is 0 Å². The Hall–Kier alpha value is -2.51. The van der Waals surface area contributed by atoms with Crippen molar-refractivity contribution in [2.75, 3.05) is 0 Å². The molecule has 0 aliphatic carbocycles. The zero-order valence-electron chi connectivity index (χ0n) is 12.1. The van der Waals surface area contributed by atoms with Gasteiger partial charge in [0, 0.05) is 12.4 Å². The Balaban J connectivity index is 1.75. The van der Waals surface area contributed by atoms with Gasteiger partial charge in [-0.05, 0) is 24.3 Å². The van der Waals surface area contributed by atoms with Crippen molar-refractivity contribution in [3.8, 4) is 11.5 Å². The molecule has 0 unspecified atom stereocenters. The number of rotatable bonds is 3. The minimum Gasteiger partial charge on any atom is -0.324 e. The topological polar surface area (TPSA) is 60.9 Å². The van der Waals surface area contributed by atoms with Crippen LogP contribution in [0.15, 0.2) is 42.7 Å². The van der Waals surface area contributed by atoms with Gasteiger partial charge >= 0.3 is 0 Å². The van der Waals surface area contributed by atoms with Gasteiger partial charge in [0.15, 0.2) is 16.6 Å². The first-order chi connectivity index (χ1) is 11.6. The molecule has 4 rings (SSSR count). The van der Waals surface area contributed by atoms with Crippen molar-refractivity contribution < 1.29 is 4.39 Å². The highest BCUT2D eigenvalue weighted by atomic mass is 35.5. The second-order valence-corrected chi connectivity index (χ2v) is 5.74. The Morgan fingerprint density at radius 1 is 1.08 bits per heavy atom. The molecule has 0 saturated heterocycles.